The Hall–Kier alpha value is -2.96. The molecule has 3 aromatic rings. The zero-order valence-corrected chi connectivity index (χ0v) is 12.9. The summed E-state index contributed by atoms with van der Waals surface area (Å²) in [5, 5.41) is 0. The average Bonchev–Trinajstić information content (AvgIpc) is 2.88. The number of carbonyl (C=O) groups is 1. The lowest BCUT2D eigenvalue weighted by Crippen LogP contribution is -2.09. The third-order valence-corrected chi connectivity index (χ3v) is 3.59. The average molecular weight is 331 g/mol. The van der Waals surface area contributed by atoms with Crippen LogP contribution in [-0.2, 0) is 16.0 Å². The van der Waals surface area contributed by atoms with Crippen molar-refractivity contribution < 1.29 is 18.3 Å². The van der Waals surface area contributed by atoms with Crippen LogP contribution in [-0.4, -0.2) is 22.1 Å². The highest BCUT2D eigenvalue weighted by Crippen LogP contribution is 2.27. The highest BCUT2D eigenvalue weighted by atomic mass is 19.1. The lowest BCUT2D eigenvalue weighted by atomic mass is 10.1. The normalized spacial score (nSPS) is 11.0. The number of benzene rings is 2. The maximum atomic E-state index is 14.9. The van der Waals surface area contributed by atoms with Gasteiger partial charge in [0.25, 0.3) is 0 Å². The van der Waals surface area contributed by atoms with E-state index in [1.807, 2.05) is 0 Å². The van der Waals surface area contributed by atoms with Gasteiger partial charge < -0.3 is 10.5 Å². The van der Waals surface area contributed by atoms with E-state index in [2.05, 4.69) is 4.98 Å². The largest absolute Gasteiger partial charge is 0.466 e. The van der Waals surface area contributed by atoms with Gasteiger partial charge in [-0.15, -0.1) is 0 Å². The van der Waals surface area contributed by atoms with Crippen molar-refractivity contribution >= 4 is 23.0 Å². The predicted molar refractivity (Wildman–Crippen MR) is 85.7 cm³/mol. The number of nitrogens with two attached hydrogens (primary N) is 1. The Morgan fingerprint density at radius 2 is 1.92 bits per heavy atom. The number of anilines is 1. The van der Waals surface area contributed by atoms with Gasteiger partial charge in [-0.3, -0.25) is 9.36 Å². The molecule has 0 saturated carbocycles. The number of esters is 1. The number of ether oxygens (including phenoxy) is 1. The third-order valence-electron chi connectivity index (χ3n) is 3.59. The summed E-state index contributed by atoms with van der Waals surface area (Å²) in [5.41, 5.74) is 7.04. The van der Waals surface area contributed by atoms with E-state index in [1.165, 1.54) is 34.9 Å². The monoisotopic (exact) mass is 331 g/mol. The number of nitrogens with zero attached hydrogens (tertiary/aromatic N) is 2. The first-order valence-electron chi connectivity index (χ1n) is 7.38. The van der Waals surface area contributed by atoms with E-state index in [0.717, 1.165) is 0 Å². The fourth-order valence-electron chi connectivity index (χ4n) is 2.54. The molecule has 0 saturated heterocycles. The number of imidazole rings is 1. The van der Waals surface area contributed by atoms with Crippen molar-refractivity contribution in [3.8, 4) is 5.69 Å². The number of rotatable bonds is 4. The molecule has 0 atom stereocenters. The van der Waals surface area contributed by atoms with Crippen LogP contribution in [0.5, 0.6) is 0 Å². The van der Waals surface area contributed by atoms with Gasteiger partial charge >= 0.3 is 5.97 Å². The number of nitrogen functional groups attached to an aromatic ring is 1. The molecule has 1 aromatic heterocycles. The van der Waals surface area contributed by atoms with Gasteiger partial charge in [-0.05, 0) is 37.3 Å². The number of fused-ring (bicyclic) bond motifs is 1. The van der Waals surface area contributed by atoms with Crippen molar-refractivity contribution in [1.82, 2.24) is 9.55 Å². The zero-order valence-electron chi connectivity index (χ0n) is 12.9. The quantitative estimate of drug-likeness (QED) is 0.746. The van der Waals surface area contributed by atoms with Gasteiger partial charge in [0.2, 0.25) is 5.95 Å². The second-order valence-electron chi connectivity index (χ2n) is 5.17. The Bertz CT molecular complexity index is 904. The molecule has 0 amide bonds. The molecule has 7 heteroatoms. The minimum Gasteiger partial charge on any atom is -0.466 e. The Kier molecular flexibility index (Phi) is 4.16. The van der Waals surface area contributed by atoms with Crippen LogP contribution in [0.15, 0.2) is 36.4 Å². The lowest BCUT2D eigenvalue weighted by molar-refractivity contribution is -0.142. The maximum Gasteiger partial charge on any atom is 0.310 e. The van der Waals surface area contributed by atoms with Gasteiger partial charge in [0, 0.05) is 11.3 Å². The van der Waals surface area contributed by atoms with Gasteiger partial charge in [0.05, 0.1) is 18.5 Å². The van der Waals surface area contributed by atoms with E-state index < -0.39 is 17.6 Å². The maximum absolute atomic E-state index is 14.9. The Balaban J connectivity index is 2.14. The van der Waals surface area contributed by atoms with E-state index in [0.29, 0.717) is 11.2 Å². The molecule has 0 radical (unpaired) electrons. The number of hydrogen-bond acceptors (Lipinski definition) is 4. The second kappa shape index (κ2) is 6.27. The van der Waals surface area contributed by atoms with Crippen LogP contribution in [0.3, 0.4) is 0 Å². The number of aromatic nitrogens is 2. The summed E-state index contributed by atoms with van der Waals surface area (Å²) in [6, 6.07) is 8.52. The number of hydrogen-bond donors (Lipinski definition) is 1. The first-order valence-corrected chi connectivity index (χ1v) is 7.38. The summed E-state index contributed by atoms with van der Waals surface area (Å²) in [4.78, 5) is 15.7. The minimum atomic E-state index is -0.603. The molecule has 5 nitrogen and oxygen atoms in total. The summed E-state index contributed by atoms with van der Waals surface area (Å²) < 4.78 is 34.3. The van der Waals surface area contributed by atoms with Crippen LogP contribution in [0.25, 0.3) is 16.7 Å². The smallest absolute Gasteiger partial charge is 0.310 e. The zero-order chi connectivity index (χ0) is 17.3. The predicted octanol–water partition coefficient (Wildman–Crippen LogP) is 2.99. The summed E-state index contributed by atoms with van der Waals surface area (Å²) in [5.74, 6) is -1.46. The summed E-state index contributed by atoms with van der Waals surface area (Å²) in [7, 11) is 0. The Labute approximate surface area is 136 Å². The van der Waals surface area contributed by atoms with E-state index in [4.69, 9.17) is 10.5 Å². The Morgan fingerprint density at radius 1 is 1.21 bits per heavy atom. The van der Waals surface area contributed by atoms with Crippen LogP contribution < -0.4 is 5.73 Å². The van der Waals surface area contributed by atoms with Crippen molar-refractivity contribution in [3.05, 3.63) is 53.6 Å². The van der Waals surface area contributed by atoms with E-state index in [-0.39, 0.29) is 30.1 Å². The van der Waals surface area contributed by atoms with Crippen molar-refractivity contribution in [2.45, 2.75) is 13.3 Å². The van der Waals surface area contributed by atoms with Crippen LogP contribution in [0, 0.1) is 11.6 Å². The molecule has 124 valence electrons. The van der Waals surface area contributed by atoms with Gasteiger partial charge in [0.1, 0.15) is 11.3 Å². The van der Waals surface area contributed by atoms with Crippen molar-refractivity contribution in [2.75, 3.05) is 12.3 Å². The van der Waals surface area contributed by atoms with Crippen LogP contribution in [0.1, 0.15) is 12.5 Å². The summed E-state index contributed by atoms with van der Waals surface area (Å²) in [6.07, 6.45) is -0.190. The van der Waals surface area contributed by atoms with Gasteiger partial charge in [0.15, 0.2) is 5.82 Å². The molecule has 24 heavy (non-hydrogen) atoms. The van der Waals surface area contributed by atoms with Crippen molar-refractivity contribution in [1.29, 1.82) is 0 Å². The lowest BCUT2D eigenvalue weighted by Gasteiger charge is -2.09. The fourth-order valence-corrected chi connectivity index (χ4v) is 2.54. The highest BCUT2D eigenvalue weighted by molar-refractivity contribution is 5.84. The first-order chi connectivity index (χ1) is 11.5. The van der Waals surface area contributed by atoms with Crippen molar-refractivity contribution in [2.24, 2.45) is 0 Å². The summed E-state index contributed by atoms with van der Waals surface area (Å²) >= 11 is 0. The van der Waals surface area contributed by atoms with Crippen LogP contribution >= 0.6 is 0 Å². The standard InChI is InChI=1S/C17H15F2N3O2/c1-2-24-14(23)9-10-3-8-13-16(15(10)19)22(17(20)21-13)12-6-4-11(18)5-7-12/h3-8H,2,9H2,1H3,(H2,20,21). The number of carbonyl (C=O) groups excluding carboxylic acids is 1. The first kappa shape index (κ1) is 15.9. The highest BCUT2D eigenvalue weighted by Gasteiger charge is 2.19. The van der Waals surface area contributed by atoms with Crippen LogP contribution in [0.2, 0.25) is 0 Å². The molecule has 0 spiro atoms. The molecule has 2 aromatic carbocycles. The third kappa shape index (κ3) is 2.80. The molecule has 0 aliphatic rings. The molecule has 0 unspecified atom stereocenters. The molecular formula is C17H15F2N3O2. The fraction of sp³-hybridized carbons (Fsp3) is 0.176. The van der Waals surface area contributed by atoms with E-state index in [1.54, 1.807) is 13.0 Å². The van der Waals surface area contributed by atoms with Gasteiger partial charge in [-0.25, -0.2) is 13.8 Å². The molecule has 1 heterocycles. The molecular weight excluding hydrogens is 316 g/mol. The Morgan fingerprint density at radius 3 is 2.58 bits per heavy atom. The van der Waals surface area contributed by atoms with E-state index in [9.17, 15) is 13.6 Å². The second-order valence-corrected chi connectivity index (χ2v) is 5.17. The molecule has 2 N–H and O–H groups in total. The molecule has 3 rings (SSSR count). The molecule has 0 bridgehead atoms. The topological polar surface area (TPSA) is 70.1 Å². The van der Waals surface area contributed by atoms with Crippen molar-refractivity contribution in [3.63, 3.8) is 0 Å². The minimum absolute atomic E-state index is 0.0730. The molecule has 0 fully saturated rings. The molecule has 0 aliphatic heterocycles. The SMILES string of the molecule is CCOC(=O)Cc1ccc2nc(N)n(-c3ccc(F)cc3)c2c1F. The van der Waals surface area contributed by atoms with Crippen LogP contribution in [0.4, 0.5) is 14.7 Å². The van der Waals surface area contributed by atoms with E-state index >= 15 is 0 Å². The number of halogens is 2. The summed E-state index contributed by atoms with van der Waals surface area (Å²) in [6.45, 7) is 1.91. The van der Waals surface area contributed by atoms with Gasteiger partial charge in [-0.1, -0.05) is 6.07 Å². The molecule has 0 aliphatic carbocycles. The van der Waals surface area contributed by atoms with Gasteiger partial charge in [-0.2, -0.15) is 0 Å².